The number of hydrogen-bond donors (Lipinski definition) is 0. The summed E-state index contributed by atoms with van der Waals surface area (Å²) in [5, 5.41) is 3.57. The van der Waals surface area contributed by atoms with Gasteiger partial charge in [0.2, 0.25) is 0 Å². The van der Waals surface area contributed by atoms with Crippen LogP contribution < -0.4 is 9.30 Å². The average molecular weight is 1550 g/mol. The van der Waals surface area contributed by atoms with Crippen LogP contribution >= 0.6 is 0 Å². The number of fused-ring (bicyclic) bond motifs is 14. The van der Waals surface area contributed by atoms with E-state index in [0.717, 1.165) is 67.6 Å². The molecule has 4 aromatic heterocycles. The number of ether oxygens (including phenoxy) is 1. The number of aryl methyl sites for hydroxylation is 2. The molecule has 17 aromatic rings. The van der Waals surface area contributed by atoms with Gasteiger partial charge in [-0.3, -0.25) is 4.57 Å². The fourth-order valence-electron chi connectivity index (χ4n) is 15.9. The fraction of sp³-hybridized carbons (Fsp3) is 0.143. The summed E-state index contributed by atoms with van der Waals surface area (Å²) in [5.41, 5.74) is 7.66. The minimum absolute atomic E-state index is 0. The molecule has 6 nitrogen and oxygen atoms in total. The number of pyridine rings is 1. The first-order valence-electron chi connectivity index (χ1n) is 44.4. The summed E-state index contributed by atoms with van der Waals surface area (Å²) in [6.45, 7) is 9.63. The van der Waals surface area contributed by atoms with Gasteiger partial charge in [0.15, 0.2) is 0 Å². The van der Waals surface area contributed by atoms with Gasteiger partial charge in [0.1, 0.15) is 5.82 Å². The molecule has 0 spiro atoms. The average Bonchev–Trinajstić information content (AvgIpc) is 1.46. The van der Waals surface area contributed by atoms with Crippen molar-refractivity contribution in [1.29, 1.82) is 0 Å². The van der Waals surface area contributed by atoms with Crippen molar-refractivity contribution in [3.8, 4) is 112 Å². The van der Waals surface area contributed by atoms with Crippen LogP contribution in [0, 0.1) is 32.2 Å². The van der Waals surface area contributed by atoms with E-state index in [-0.39, 0.29) is 71.1 Å². The second-order valence-corrected chi connectivity index (χ2v) is 29.5. The Morgan fingerprint density at radius 2 is 1.02 bits per heavy atom. The minimum atomic E-state index is -2.86. The molecular weight excluding hydrogens is 1460 g/mol. The van der Waals surface area contributed by atoms with E-state index in [0.29, 0.717) is 73.0 Å². The minimum Gasteiger partial charge on any atom is -0.510 e. The molecular formula is C98H77N5OPt-2. The third kappa shape index (κ3) is 10.8. The molecule has 1 aliphatic heterocycles. The van der Waals surface area contributed by atoms with Crippen molar-refractivity contribution < 1.29 is 56.4 Å². The zero-order valence-corrected chi connectivity index (χ0v) is 60.7. The molecule has 7 heteroatoms. The Bertz CT molecular complexity index is 7250. The van der Waals surface area contributed by atoms with Crippen LogP contribution in [0.25, 0.3) is 155 Å². The van der Waals surface area contributed by atoms with Gasteiger partial charge in [-0.2, -0.15) is 18.2 Å². The van der Waals surface area contributed by atoms with Gasteiger partial charge in [-0.25, -0.2) is 4.98 Å². The van der Waals surface area contributed by atoms with E-state index in [1.807, 2.05) is 132 Å². The third-order valence-electron chi connectivity index (χ3n) is 21.2. The summed E-state index contributed by atoms with van der Waals surface area (Å²) in [6.07, 6.45) is 7.31. The maximum atomic E-state index is 10.7. The van der Waals surface area contributed by atoms with E-state index in [1.165, 1.54) is 18.2 Å². The molecule has 512 valence electrons. The van der Waals surface area contributed by atoms with E-state index in [4.69, 9.17) is 17.9 Å². The molecule has 0 amide bonds. The zero-order chi connectivity index (χ0) is 86.8. The monoisotopic (exact) mass is 1550 g/mol. The fourth-order valence-corrected chi connectivity index (χ4v) is 15.9. The molecule has 0 atom stereocenters. The van der Waals surface area contributed by atoms with E-state index in [9.17, 15) is 17.8 Å². The maximum absolute atomic E-state index is 10.7. The molecule has 0 radical (unpaired) electrons. The molecule has 0 fully saturated rings. The molecule has 0 unspecified atom stereocenters. The second kappa shape index (κ2) is 24.9. The Labute approximate surface area is 655 Å². The van der Waals surface area contributed by atoms with Gasteiger partial charge in [0.25, 0.3) is 6.33 Å². The van der Waals surface area contributed by atoms with E-state index < -0.39 is 125 Å². The summed E-state index contributed by atoms with van der Waals surface area (Å²) < 4.78 is 194. The number of aromatic nitrogens is 5. The third-order valence-corrected chi connectivity index (χ3v) is 21.2. The van der Waals surface area contributed by atoms with Crippen LogP contribution in [0.15, 0.2) is 279 Å². The number of nitrogens with zero attached hydrogens (tertiary/aromatic N) is 5. The largest absolute Gasteiger partial charge is 0.510 e. The molecule has 0 saturated heterocycles. The van der Waals surface area contributed by atoms with Crippen molar-refractivity contribution in [2.24, 2.45) is 0 Å². The van der Waals surface area contributed by atoms with E-state index >= 15 is 0 Å². The van der Waals surface area contributed by atoms with Gasteiger partial charge in [-0.1, -0.05) is 224 Å². The Kier molecular flexibility index (Phi) is 11.3. The zero-order valence-electron chi connectivity index (χ0n) is 77.4. The predicted molar refractivity (Wildman–Crippen MR) is 429 cm³/mol. The smallest absolute Gasteiger partial charge is 0.268 e. The number of hydrogen-bond acceptors (Lipinski definition) is 2. The van der Waals surface area contributed by atoms with Gasteiger partial charge >= 0.3 is 0 Å². The van der Waals surface area contributed by atoms with Crippen molar-refractivity contribution >= 4 is 54.6 Å². The summed E-state index contributed by atoms with van der Waals surface area (Å²) in [7, 11) is 0. The number of para-hydroxylation sites is 3. The topological polar surface area (TPSA) is 40.8 Å². The first-order chi connectivity index (χ1) is 58.3. The summed E-state index contributed by atoms with van der Waals surface area (Å²) in [5.74, 6) is 1.20. The molecule has 1 aliphatic carbocycles. The maximum Gasteiger partial charge on any atom is 0.268 e. The van der Waals surface area contributed by atoms with Crippen molar-refractivity contribution in [3.63, 3.8) is 0 Å². The Morgan fingerprint density at radius 1 is 0.476 bits per heavy atom. The van der Waals surface area contributed by atoms with Crippen molar-refractivity contribution in [2.45, 2.75) is 91.3 Å². The molecule has 13 aromatic carbocycles. The molecule has 105 heavy (non-hydrogen) atoms. The van der Waals surface area contributed by atoms with Crippen LogP contribution in [0.5, 0.6) is 11.5 Å². The predicted octanol–water partition coefficient (Wildman–Crippen LogP) is 24.9. The quantitative estimate of drug-likeness (QED) is 0.107. The van der Waals surface area contributed by atoms with Crippen LogP contribution in [-0.4, -0.2) is 18.7 Å². The van der Waals surface area contributed by atoms with Gasteiger partial charge in [0.05, 0.1) is 51.3 Å². The summed E-state index contributed by atoms with van der Waals surface area (Å²) >= 11 is 0. The number of imidazole rings is 1. The van der Waals surface area contributed by atoms with E-state index in [2.05, 4.69) is 100 Å². The number of benzene rings is 13. The number of rotatable bonds is 9. The van der Waals surface area contributed by atoms with Crippen LogP contribution in [0.2, 0.25) is 0 Å². The van der Waals surface area contributed by atoms with Crippen LogP contribution in [0.4, 0.5) is 0 Å². The molecule has 0 bridgehead atoms. The van der Waals surface area contributed by atoms with Gasteiger partial charge in [-0.15, -0.1) is 29.7 Å². The Hall–Kier alpha value is -11.4. The van der Waals surface area contributed by atoms with Gasteiger partial charge < -0.3 is 18.4 Å². The standard InChI is InChI=1S/C98H77N5O.Pt/c1-61-26-24-27-62(2)93(61)69-52-83-81-59-85-84(97(6,7)45-46-98(85,8)9)58-80(81)74-34-16-17-35-75(74)82-51-68(67-49-65(63-28-12-10-13-29-63)48-66(50-67)64-30-14-11-15-31-64)53-90-94(82)101(95(83)91(54-69)102-86-39-21-18-36-76(86)77-37-19-22-40-87(77)102)60-100(90)71-32-25-33-72(56-71)104-73-42-43-79-78-38-20-23-41-88(78)103(89(79)57-73)92-55-70(44-47-99-92)96(3,4)5;/h10-44,47-55,58-59H,45-46H2,1-9H3;/q-2;/i1D3,2D3,10D,11D,12D,13D,14D,15D,28D,29D,30D,31D,48D,49D,50D;. The van der Waals surface area contributed by atoms with Crippen molar-refractivity contribution in [1.82, 2.24) is 18.7 Å². The molecule has 5 heterocycles. The van der Waals surface area contributed by atoms with Crippen molar-refractivity contribution in [3.05, 3.63) is 325 Å². The summed E-state index contributed by atoms with van der Waals surface area (Å²) in [6, 6.07) is 58.1. The molecule has 19 rings (SSSR count). The first kappa shape index (κ1) is 47.8. The van der Waals surface area contributed by atoms with Crippen LogP contribution in [0.1, 0.15) is 115 Å². The van der Waals surface area contributed by atoms with Gasteiger partial charge in [0, 0.05) is 63.3 Å². The van der Waals surface area contributed by atoms with Gasteiger partial charge in [-0.05, 0) is 232 Å². The Morgan fingerprint density at radius 3 is 1.64 bits per heavy atom. The summed E-state index contributed by atoms with van der Waals surface area (Å²) in [4.78, 5) is 4.92. The molecule has 2 aliphatic rings. The normalized spacial score (nSPS) is 16.4. The first-order valence-corrected chi connectivity index (χ1v) is 34.9. The second-order valence-electron chi connectivity index (χ2n) is 29.5. The molecule has 0 N–H and O–H groups in total. The van der Waals surface area contributed by atoms with Crippen LogP contribution in [-0.2, 0) is 37.3 Å². The van der Waals surface area contributed by atoms with Crippen molar-refractivity contribution in [2.75, 3.05) is 0 Å². The van der Waals surface area contributed by atoms with Crippen LogP contribution in [0.3, 0.4) is 0 Å². The van der Waals surface area contributed by atoms with E-state index in [1.54, 1.807) is 34.9 Å². The SMILES string of the molecule is [2H]c1c([2H])c([2H])c(-c2c([2H])c(-c3cc4c5c(c3)n(-c3[c-]c(Oc6[c-]c7c(cc6)c6ccccc6n7-c6cc(C(C)(C)C)ccn6)ccc3)[c-][n+]5-c3c(cc(-c5c(C([2H])([2H])[2H])cccc5C([2H])([2H])[2H])cc3-n3c5ccccc5c5ccccc53)-c3cc5c(cc3-c3ccccc3-4)C(C)(C)CCC5(C)C)c([2H])c(-c3c([2H])c([2H])c([2H])c([2H])c3[2H])c2[2H])c([2H])c1[2H].[Pt]. The molecule has 0 saturated carbocycles. The Balaban J connectivity index is 0.0000105.